The van der Waals surface area contributed by atoms with Crippen LogP contribution in [0.4, 0.5) is 0 Å². The van der Waals surface area contributed by atoms with Gasteiger partial charge in [0.15, 0.2) is 0 Å². The van der Waals surface area contributed by atoms with Crippen LogP contribution in [-0.4, -0.2) is 16.1 Å². The maximum atomic E-state index is 10.3. The van der Waals surface area contributed by atoms with Crippen LogP contribution in [0.3, 0.4) is 0 Å². The molecule has 0 bridgehead atoms. The summed E-state index contributed by atoms with van der Waals surface area (Å²) >= 11 is 0. The molecule has 1 aromatic rings. The molecular weight excluding hydrogens is 168 g/mol. The van der Waals surface area contributed by atoms with Crippen LogP contribution in [0.1, 0.15) is 17.5 Å². The fourth-order valence-corrected chi connectivity index (χ4v) is 1.13. The lowest BCUT2D eigenvalue weighted by Crippen LogP contribution is -2.04. The molecule has 1 rings (SSSR count). The van der Waals surface area contributed by atoms with Gasteiger partial charge in [-0.05, 0) is 23.6 Å². The predicted octanol–water partition coefficient (Wildman–Crippen LogP) is 0.557. The third-order valence-electron chi connectivity index (χ3n) is 1.83. The molecule has 1 heterocycles. The van der Waals surface area contributed by atoms with E-state index in [1.165, 1.54) is 0 Å². The molecule has 70 valence electrons. The Balaban J connectivity index is 2.69. The fourth-order valence-electron chi connectivity index (χ4n) is 1.13. The van der Waals surface area contributed by atoms with E-state index in [4.69, 9.17) is 10.8 Å². The predicted molar refractivity (Wildman–Crippen MR) is 48.1 cm³/mol. The van der Waals surface area contributed by atoms with Crippen LogP contribution in [0.2, 0.25) is 0 Å². The Hall–Kier alpha value is -1.42. The van der Waals surface area contributed by atoms with E-state index in [1.54, 1.807) is 12.4 Å². The van der Waals surface area contributed by atoms with Gasteiger partial charge in [-0.2, -0.15) is 0 Å². The SMILES string of the molecule is NCc1cnccc1CCC(=O)O. The number of aliphatic carboxylic acids is 1. The van der Waals surface area contributed by atoms with Crippen molar-refractivity contribution in [2.45, 2.75) is 19.4 Å². The highest BCUT2D eigenvalue weighted by molar-refractivity contribution is 5.67. The van der Waals surface area contributed by atoms with Crippen molar-refractivity contribution < 1.29 is 9.90 Å². The van der Waals surface area contributed by atoms with E-state index in [0.717, 1.165) is 11.1 Å². The second-order valence-electron chi connectivity index (χ2n) is 2.74. The van der Waals surface area contributed by atoms with Crippen LogP contribution in [-0.2, 0) is 17.8 Å². The molecular formula is C9H12N2O2. The highest BCUT2D eigenvalue weighted by Gasteiger charge is 2.03. The number of rotatable bonds is 4. The summed E-state index contributed by atoms with van der Waals surface area (Å²) in [5.74, 6) is -0.792. The molecule has 0 aliphatic carbocycles. The van der Waals surface area contributed by atoms with Crippen LogP contribution < -0.4 is 5.73 Å². The van der Waals surface area contributed by atoms with Crippen molar-refractivity contribution in [3.05, 3.63) is 29.6 Å². The highest BCUT2D eigenvalue weighted by atomic mass is 16.4. The van der Waals surface area contributed by atoms with Gasteiger partial charge in [0.1, 0.15) is 0 Å². The van der Waals surface area contributed by atoms with Crippen molar-refractivity contribution in [2.24, 2.45) is 5.73 Å². The van der Waals surface area contributed by atoms with Gasteiger partial charge in [-0.25, -0.2) is 0 Å². The number of aryl methyl sites for hydroxylation is 1. The van der Waals surface area contributed by atoms with E-state index in [2.05, 4.69) is 4.98 Å². The lowest BCUT2D eigenvalue weighted by atomic mass is 10.1. The second kappa shape index (κ2) is 4.57. The summed E-state index contributed by atoms with van der Waals surface area (Å²) in [5.41, 5.74) is 7.36. The Kier molecular flexibility index (Phi) is 3.40. The maximum Gasteiger partial charge on any atom is 0.303 e. The maximum absolute atomic E-state index is 10.3. The molecule has 3 N–H and O–H groups in total. The normalized spacial score (nSPS) is 9.92. The summed E-state index contributed by atoms with van der Waals surface area (Å²) in [5, 5.41) is 8.49. The fraction of sp³-hybridized carbons (Fsp3) is 0.333. The minimum atomic E-state index is -0.792. The summed E-state index contributed by atoms with van der Waals surface area (Å²) in [6, 6.07) is 1.81. The number of hydrogen-bond donors (Lipinski definition) is 2. The lowest BCUT2D eigenvalue weighted by Gasteiger charge is -2.04. The van der Waals surface area contributed by atoms with E-state index in [1.807, 2.05) is 6.07 Å². The summed E-state index contributed by atoms with van der Waals surface area (Å²) in [4.78, 5) is 14.2. The van der Waals surface area contributed by atoms with Gasteiger partial charge >= 0.3 is 5.97 Å². The molecule has 0 saturated carbocycles. The molecule has 1 aromatic heterocycles. The molecule has 0 fully saturated rings. The molecule has 0 aromatic carbocycles. The minimum Gasteiger partial charge on any atom is -0.481 e. The smallest absolute Gasteiger partial charge is 0.303 e. The van der Waals surface area contributed by atoms with Crippen LogP contribution in [0.15, 0.2) is 18.5 Å². The van der Waals surface area contributed by atoms with Crippen molar-refractivity contribution in [3.8, 4) is 0 Å². The number of nitrogens with zero attached hydrogens (tertiary/aromatic N) is 1. The first kappa shape index (κ1) is 9.67. The van der Waals surface area contributed by atoms with E-state index in [0.29, 0.717) is 13.0 Å². The molecule has 4 nitrogen and oxygen atoms in total. The van der Waals surface area contributed by atoms with Crippen LogP contribution in [0, 0.1) is 0 Å². The number of carbonyl (C=O) groups is 1. The van der Waals surface area contributed by atoms with Crippen molar-refractivity contribution in [1.29, 1.82) is 0 Å². The Morgan fingerprint density at radius 3 is 2.92 bits per heavy atom. The number of hydrogen-bond acceptors (Lipinski definition) is 3. The molecule has 0 aliphatic heterocycles. The van der Waals surface area contributed by atoms with Gasteiger partial charge in [0.05, 0.1) is 0 Å². The quantitative estimate of drug-likeness (QED) is 0.709. The van der Waals surface area contributed by atoms with Gasteiger partial charge in [-0.3, -0.25) is 9.78 Å². The molecule has 13 heavy (non-hydrogen) atoms. The Labute approximate surface area is 76.4 Å². The topological polar surface area (TPSA) is 76.2 Å². The number of carboxylic acid groups (broad SMARTS) is 1. The third kappa shape index (κ3) is 2.83. The van der Waals surface area contributed by atoms with E-state index in [-0.39, 0.29) is 6.42 Å². The zero-order chi connectivity index (χ0) is 9.68. The molecule has 0 saturated heterocycles. The first-order valence-electron chi connectivity index (χ1n) is 4.07. The monoisotopic (exact) mass is 180 g/mol. The number of nitrogens with two attached hydrogens (primary N) is 1. The van der Waals surface area contributed by atoms with Crippen molar-refractivity contribution in [3.63, 3.8) is 0 Å². The average molecular weight is 180 g/mol. The summed E-state index contributed by atoms with van der Waals surface area (Å²) in [6.07, 6.45) is 3.98. The summed E-state index contributed by atoms with van der Waals surface area (Å²) < 4.78 is 0. The van der Waals surface area contributed by atoms with E-state index < -0.39 is 5.97 Å². The van der Waals surface area contributed by atoms with Crippen LogP contribution in [0.25, 0.3) is 0 Å². The summed E-state index contributed by atoms with van der Waals surface area (Å²) in [6.45, 7) is 0.406. The molecule has 4 heteroatoms. The largest absolute Gasteiger partial charge is 0.481 e. The Morgan fingerprint density at radius 1 is 1.54 bits per heavy atom. The Morgan fingerprint density at radius 2 is 2.31 bits per heavy atom. The molecule has 0 radical (unpaired) electrons. The van der Waals surface area contributed by atoms with Gasteiger partial charge in [-0.1, -0.05) is 0 Å². The molecule has 0 aliphatic rings. The zero-order valence-electron chi connectivity index (χ0n) is 7.23. The van der Waals surface area contributed by atoms with Gasteiger partial charge in [0.25, 0.3) is 0 Å². The van der Waals surface area contributed by atoms with Gasteiger partial charge < -0.3 is 10.8 Å². The number of carboxylic acids is 1. The van der Waals surface area contributed by atoms with Crippen LogP contribution in [0.5, 0.6) is 0 Å². The van der Waals surface area contributed by atoms with E-state index in [9.17, 15) is 4.79 Å². The first-order chi connectivity index (χ1) is 6.24. The second-order valence-corrected chi connectivity index (χ2v) is 2.74. The highest BCUT2D eigenvalue weighted by Crippen LogP contribution is 2.08. The van der Waals surface area contributed by atoms with E-state index >= 15 is 0 Å². The van der Waals surface area contributed by atoms with Crippen molar-refractivity contribution in [1.82, 2.24) is 4.98 Å². The first-order valence-corrected chi connectivity index (χ1v) is 4.07. The standard InChI is InChI=1S/C9H12N2O2/c10-5-8-6-11-4-3-7(8)1-2-9(12)13/h3-4,6H,1-2,5,10H2,(H,12,13). The third-order valence-corrected chi connectivity index (χ3v) is 1.83. The minimum absolute atomic E-state index is 0.136. The summed E-state index contributed by atoms with van der Waals surface area (Å²) in [7, 11) is 0. The number of pyridine rings is 1. The number of aromatic nitrogens is 1. The Bertz CT molecular complexity index is 299. The van der Waals surface area contributed by atoms with Gasteiger partial charge in [0, 0.05) is 25.4 Å². The molecule has 0 atom stereocenters. The van der Waals surface area contributed by atoms with Crippen molar-refractivity contribution >= 4 is 5.97 Å². The molecule has 0 amide bonds. The molecule has 0 spiro atoms. The van der Waals surface area contributed by atoms with Gasteiger partial charge in [-0.15, -0.1) is 0 Å². The van der Waals surface area contributed by atoms with Crippen LogP contribution >= 0.6 is 0 Å². The average Bonchev–Trinajstić information content (AvgIpc) is 2.15. The van der Waals surface area contributed by atoms with Crippen molar-refractivity contribution in [2.75, 3.05) is 0 Å². The lowest BCUT2D eigenvalue weighted by molar-refractivity contribution is -0.136. The van der Waals surface area contributed by atoms with Gasteiger partial charge in [0.2, 0.25) is 0 Å². The zero-order valence-corrected chi connectivity index (χ0v) is 7.23. The molecule has 0 unspecified atom stereocenters.